The van der Waals surface area contributed by atoms with E-state index < -0.39 is 217 Å². The molecule has 6 rings (SSSR count). The van der Waals surface area contributed by atoms with E-state index in [-0.39, 0.29) is 56.2 Å². The van der Waals surface area contributed by atoms with E-state index in [0.717, 1.165) is 73.9 Å². The van der Waals surface area contributed by atoms with Gasteiger partial charge in [-0.2, -0.15) is 13.2 Å². The molecule has 13 amide bonds. The normalized spacial score (nSPS) is 26.9. The Morgan fingerprint density at radius 1 is 0.682 bits per heavy atom. The van der Waals surface area contributed by atoms with Gasteiger partial charge in [-0.15, -0.1) is 0 Å². The van der Waals surface area contributed by atoms with Crippen LogP contribution in [0.4, 0.5) is 22.0 Å². The van der Waals surface area contributed by atoms with Crippen LogP contribution >= 0.6 is 11.6 Å². The van der Waals surface area contributed by atoms with Gasteiger partial charge in [0.2, 0.25) is 76.8 Å². The topological polar surface area (TPSA) is 300 Å². The van der Waals surface area contributed by atoms with Crippen LogP contribution in [0.15, 0.2) is 18.2 Å². The van der Waals surface area contributed by atoms with Crippen LogP contribution in [-0.2, 0) is 79.7 Å². The number of rotatable bonds is 17. The summed E-state index contributed by atoms with van der Waals surface area (Å²) in [5.74, 6) is -15.7. The number of fused-ring (bicyclic) bond motifs is 1. The number of aryl methyl sites for hydroxylation is 1. The second-order valence-electron chi connectivity index (χ2n) is 30.6. The minimum Gasteiger partial charge on any atom is -0.379 e. The first-order valence-corrected chi connectivity index (χ1v) is 37.8. The highest BCUT2D eigenvalue weighted by atomic mass is 35.5. The predicted molar refractivity (Wildman–Crippen MR) is 386 cm³/mol. The number of alkyl halides is 5. The molecule has 33 heteroatoms. The van der Waals surface area contributed by atoms with Crippen molar-refractivity contribution in [1.29, 1.82) is 0 Å². The first kappa shape index (κ1) is 88.1. The zero-order valence-corrected chi connectivity index (χ0v) is 65.5. The minimum absolute atomic E-state index is 0.0217. The van der Waals surface area contributed by atoms with Gasteiger partial charge in [0.25, 0.3) is 5.92 Å². The third-order valence-electron chi connectivity index (χ3n) is 22.0. The Kier molecular flexibility index (Phi) is 31.7. The average molecular weight is 1540 g/mol. The van der Waals surface area contributed by atoms with Gasteiger partial charge < -0.3 is 69.7 Å². The van der Waals surface area contributed by atoms with E-state index in [9.17, 15) is 60.3 Å². The van der Waals surface area contributed by atoms with Gasteiger partial charge in [-0.3, -0.25) is 62.3 Å². The van der Waals surface area contributed by atoms with Crippen molar-refractivity contribution in [2.24, 2.45) is 23.7 Å². The number of ether oxygens (including phenoxy) is 1. The molecule has 107 heavy (non-hydrogen) atoms. The van der Waals surface area contributed by atoms with Crippen molar-refractivity contribution in [3.63, 3.8) is 0 Å². The number of benzene rings is 1. The lowest BCUT2D eigenvalue weighted by atomic mass is 9.84. The third kappa shape index (κ3) is 22.5. The number of carbonyl (C=O) groups is 13. The lowest BCUT2D eigenvalue weighted by Crippen LogP contribution is -2.65. The molecule has 0 radical (unpaired) electrons. The largest absolute Gasteiger partial charge is 0.417 e. The van der Waals surface area contributed by atoms with Gasteiger partial charge in [-0.25, -0.2) is 8.78 Å². The Labute approximate surface area is 630 Å². The van der Waals surface area contributed by atoms with Gasteiger partial charge in [0.1, 0.15) is 60.4 Å². The number of likely N-dealkylation sites (tertiary alicyclic amines) is 1. The summed E-state index contributed by atoms with van der Waals surface area (Å²) in [6.07, 6.45) is -0.0495. The Hall–Kier alpha value is -7.77. The summed E-state index contributed by atoms with van der Waals surface area (Å²) in [6, 6.07) is -11.7. The van der Waals surface area contributed by atoms with Crippen molar-refractivity contribution < 1.29 is 89.0 Å². The van der Waals surface area contributed by atoms with E-state index in [1.54, 1.807) is 20.8 Å². The van der Waals surface area contributed by atoms with Crippen LogP contribution in [0.25, 0.3) is 0 Å². The summed E-state index contributed by atoms with van der Waals surface area (Å²) in [5.41, 5.74) is -1.02. The Balaban J connectivity index is 1.50. The molecule has 27 nitrogen and oxygen atoms in total. The van der Waals surface area contributed by atoms with Crippen molar-refractivity contribution in [3.8, 4) is 0 Å². The molecule has 0 aromatic heterocycles. The smallest absolute Gasteiger partial charge is 0.379 e. The number of hydrogen-bond acceptors (Lipinski definition) is 14. The van der Waals surface area contributed by atoms with Crippen molar-refractivity contribution in [2.75, 3.05) is 103 Å². The lowest BCUT2D eigenvalue weighted by molar-refractivity contribution is -0.168. The van der Waals surface area contributed by atoms with Crippen LogP contribution in [0.5, 0.6) is 0 Å². The molecule has 2 aliphatic carbocycles. The van der Waals surface area contributed by atoms with E-state index in [1.165, 1.54) is 82.9 Å². The van der Waals surface area contributed by atoms with E-state index in [4.69, 9.17) is 16.3 Å². The molecular weight excluding hydrogens is 1430 g/mol. The van der Waals surface area contributed by atoms with E-state index in [1.807, 2.05) is 13.8 Å². The van der Waals surface area contributed by atoms with Gasteiger partial charge in [-0.1, -0.05) is 104 Å². The second-order valence-corrected chi connectivity index (χ2v) is 31.0. The summed E-state index contributed by atoms with van der Waals surface area (Å²) in [4.78, 5) is 205. The summed E-state index contributed by atoms with van der Waals surface area (Å²) < 4.78 is 76.8. The van der Waals surface area contributed by atoms with Crippen LogP contribution in [-0.4, -0.2) is 295 Å². The number of carbonyl (C=O) groups excluding carboxylic acids is 13. The van der Waals surface area contributed by atoms with E-state index in [2.05, 4.69) is 16.0 Å². The number of nitrogens with one attached hydrogen (secondary N) is 3. The van der Waals surface area contributed by atoms with Gasteiger partial charge in [-0.05, 0) is 99.7 Å². The van der Waals surface area contributed by atoms with Crippen LogP contribution in [0.1, 0.15) is 162 Å². The van der Waals surface area contributed by atoms with Gasteiger partial charge in [0.15, 0.2) is 0 Å². The van der Waals surface area contributed by atoms with E-state index in [0.29, 0.717) is 51.4 Å². The zero-order valence-electron chi connectivity index (χ0n) is 64.7. The van der Waals surface area contributed by atoms with Gasteiger partial charge >= 0.3 is 6.18 Å². The van der Waals surface area contributed by atoms with Crippen molar-refractivity contribution in [1.82, 2.24) is 64.9 Å². The van der Waals surface area contributed by atoms with Crippen molar-refractivity contribution in [3.05, 3.63) is 34.3 Å². The maximum atomic E-state index is 15.5. The van der Waals surface area contributed by atoms with Crippen LogP contribution in [0, 0.1) is 23.7 Å². The molecular formula is C74H113ClF5N13O14. The molecule has 0 bridgehead atoms. The van der Waals surface area contributed by atoms with Crippen molar-refractivity contribution in [2.45, 2.75) is 230 Å². The molecule has 1 aromatic carbocycles. The molecule has 11 atom stereocenters. The maximum Gasteiger partial charge on any atom is 0.417 e. The van der Waals surface area contributed by atoms with Gasteiger partial charge in [0.05, 0.1) is 49.7 Å². The van der Waals surface area contributed by atoms with Crippen LogP contribution in [0.2, 0.25) is 5.02 Å². The SMILES string of the molecule is CCCOC[C@@H]1NC(=O)[C@H](CC(=O)N2CC(F)(F)C2)N(C)C(=O)[C@H](CCc2ccc(C(F)(F)F)c(Cl)c2)NC(=O)CN(C)C(=O)[C@H](CC2CCCCC2)N(C)C(=O)[C@@H]2CCN2C(=O)[C@H](C)N(C)C(=O)[C@H]([C@@H](C)CC)NC(=O)[C@H](CC(C)C)N(C)C(=O)C[C@@H](C(=O)N(C)C)N(C)C(=O)[C@H](C2CCCC2)N(C)C1=O. The predicted octanol–water partition coefficient (Wildman–Crippen LogP) is 4.83. The second kappa shape index (κ2) is 38.5. The molecule has 3 saturated heterocycles. The number of hydrogen-bond donors (Lipinski definition) is 3. The first-order valence-electron chi connectivity index (χ1n) is 37.4. The molecule has 5 fully saturated rings. The average Bonchev–Trinajstić information content (AvgIpc) is 0.986. The standard InChI is InChI=1S/C74H113ClF5N13O14/c1-16-33-107-40-52-67(101)91(15)62(48-25-21-22-26-48)72(106)90(14)57(68(102)84(7)8)38-59(95)87(11)54(34-43(3)4)64(98)83-61(44(5)17-2)71(105)86(10)45(6)65(99)93-32-31-53(93)70(104)89(13)56(36-46-23-19-18-20-24-46)69(103)85(9)39-58(94)81-51(30-28-47-27-29-49(50(75)35-47)74(78,79)80)66(100)88(12)55(63(97)82-52)37-60(96)92-41-73(76,77)42-92/h27,29,35,43-46,48,51-57,61-62H,16-26,28,30-34,36-42H2,1-15H3,(H,81,94)(H,82,97)(H,83,98)/t44-,45-,51-,52-,53-,54-,55-,56-,57-,61-,62-/m0/s1. The van der Waals surface area contributed by atoms with Crippen LogP contribution in [0.3, 0.4) is 0 Å². The van der Waals surface area contributed by atoms with Crippen LogP contribution < -0.4 is 16.0 Å². The fraction of sp³-hybridized carbons (Fsp3) is 0.743. The number of likely N-dealkylation sites (N-methyl/N-ethyl adjacent to an activating group) is 8. The molecule has 3 heterocycles. The van der Waals surface area contributed by atoms with Crippen molar-refractivity contribution >= 4 is 88.4 Å². The number of amides is 13. The quantitative estimate of drug-likeness (QED) is 0.139. The molecule has 600 valence electrons. The Morgan fingerprint density at radius 3 is 1.83 bits per heavy atom. The molecule has 1 aromatic rings. The highest BCUT2D eigenvalue weighted by Gasteiger charge is 2.50. The molecule has 5 aliphatic rings. The molecule has 3 N–H and O–H groups in total. The molecule has 2 saturated carbocycles. The third-order valence-corrected chi connectivity index (χ3v) is 22.4. The number of nitrogens with zero attached hydrogens (tertiary/aromatic N) is 10. The highest BCUT2D eigenvalue weighted by Crippen LogP contribution is 2.37. The summed E-state index contributed by atoms with van der Waals surface area (Å²) >= 11 is 6.14. The molecule has 3 aliphatic heterocycles. The first-order chi connectivity index (χ1) is 50.1. The molecule has 0 unspecified atom stereocenters. The van der Waals surface area contributed by atoms with Gasteiger partial charge in [0, 0.05) is 76.6 Å². The zero-order chi connectivity index (χ0) is 80.0. The minimum atomic E-state index is -4.86. The monoisotopic (exact) mass is 1540 g/mol. The Morgan fingerprint density at radius 2 is 1.28 bits per heavy atom. The summed E-state index contributed by atoms with van der Waals surface area (Å²) in [6.45, 7) is 7.07. The Bertz CT molecular complexity index is 3370. The maximum absolute atomic E-state index is 15.5. The highest BCUT2D eigenvalue weighted by molar-refractivity contribution is 6.31. The fourth-order valence-corrected chi connectivity index (χ4v) is 15.2. The number of halogens is 6. The summed E-state index contributed by atoms with van der Waals surface area (Å²) in [7, 11) is 12.0. The molecule has 0 spiro atoms. The van der Waals surface area contributed by atoms with E-state index >= 15 is 24.0 Å². The lowest BCUT2D eigenvalue weighted by Gasteiger charge is -2.45. The summed E-state index contributed by atoms with van der Waals surface area (Å²) in [5, 5.41) is 7.40. The fourth-order valence-electron chi connectivity index (χ4n) is 14.8.